The summed E-state index contributed by atoms with van der Waals surface area (Å²) in [5.74, 6) is -1.30. The molecule has 0 saturated heterocycles. The molecule has 0 fully saturated rings. The lowest BCUT2D eigenvalue weighted by Crippen LogP contribution is -2.39. The Morgan fingerprint density at radius 3 is 2.35 bits per heavy atom. The molecule has 0 aliphatic rings. The summed E-state index contributed by atoms with van der Waals surface area (Å²) in [6.45, 7) is 8.27. The highest BCUT2D eigenvalue weighted by Crippen LogP contribution is 2.30. The molecule has 6 nitrogen and oxygen atoms in total. The van der Waals surface area contributed by atoms with Crippen molar-refractivity contribution in [2.75, 3.05) is 11.9 Å². The lowest BCUT2D eigenvalue weighted by atomic mass is 9.87. The number of nitrogens with zero attached hydrogens (tertiary/aromatic N) is 2. The number of hydrogen-bond acceptors (Lipinski definition) is 4. The van der Waals surface area contributed by atoms with Gasteiger partial charge in [-0.2, -0.15) is 0 Å². The van der Waals surface area contributed by atoms with Crippen LogP contribution in [-0.4, -0.2) is 29.1 Å². The Balaban J connectivity index is 3.25. The highest BCUT2D eigenvalue weighted by Gasteiger charge is 2.26. The summed E-state index contributed by atoms with van der Waals surface area (Å²) in [6, 6.07) is 4.31. The van der Waals surface area contributed by atoms with Crippen molar-refractivity contribution in [3.63, 3.8) is 0 Å². The number of nitro benzene ring substituents is 1. The van der Waals surface area contributed by atoms with Gasteiger partial charge in [0.2, 0.25) is 0 Å². The van der Waals surface area contributed by atoms with Gasteiger partial charge in [-0.05, 0) is 24.5 Å². The number of benzene rings is 1. The molecule has 0 saturated carbocycles. The average molecular weight is 280 g/mol. The van der Waals surface area contributed by atoms with E-state index in [2.05, 4.69) is 20.8 Å². The molecule has 1 aromatic rings. The second-order valence-electron chi connectivity index (χ2n) is 5.92. The Hall–Kier alpha value is -2.11. The molecule has 1 rings (SSSR count). The normalized spacial score (nSPS) is 12.8. The Labute approximate surface area is 118 Å². The Morgan fingerprint density at radius 1 is 1.40 bits per heavy atom. The van der Waals surface area contributed by atoms with Crippen LogP contribution >= 0.6 is 0 Å². The van der Waals surface area contributed by atoms with Crippen molar-refractivity contribution in [3.8, 4) is 0 Å². The molecule has 1 atom stereocenters. The van der Waals surface area contributed by atoms with Crippen LogP contribution in [0.4, 0.5) is 11.4 Å². The molecule has 0 amide bonds. The molecule has 0 aliphatic carbocycles. The second kappa shape index (κ2) is 5.48. The Kier molecular flexibility index (Phi) is 4.37. The molecular formula is C14H20N2O4. The molecule has 20 heavy (non-hydrogen) atoms. The van der Waals surface area contributed by atoms with E-state index in [0.29, 0.717) is 5.69 Å². The van der Waals surface area contributed by atoms with Crippen molar-refractivity contribution in [1.29, 1.82) is 0 Å². The van der Waals surface area contributed by atoms with E-state index in [4.69, 9.17) is 5.11 Å². The molecule has 0 spiro atoms. The van der Waals surface area contributed by atoms with E-state index in [1.807, 2.05) is 18.9 Å². The minimum Gasteiger partial charge on any atom is -0.477 e. The van der Waals surface area contributed by atoms with Crippen LogP contribution in [0.5, 0.6) is 0 Å². The predicted molar refractivity (Wildman–Crippen MR) is 77.4 cm³/mol. The summed E-state index contributed by atoms with van der Waals surface area (Å²) in [5.41, 5.74) is -0.0335. The SMILES string of the molecule is CC(N(C)c1ccc([N+](=O)[O-])c(C(=O)O)c1)C(C)(C)C. The maximum absolute atomic E-state index is 11.1. The van der Waals surface area contributed by atoms with Gasteiger partial charge in [0.25, 0.3) is 5.69 Å². The molecule has 0 bridgehead atoms. The first-order chi connectivity index (χ1) is 9.05. The minimum atomic E-state index is -1.30. The van der Waals surface area contributed by atoms with Crippen LogP contribution in [0, 0.1) is 15.5 Å². The quantitative estimate of drug-likeness (QED) is 0.676. The molecular weight excluding hydrogens is 260 g/mol. The zero-order chi connectivity index (χ0) is 15.7. The summed E-state index contributed by atoms with van der Waals surface area (Å²) in [6.07, 6.45) is 0. The van der Waals surface area contributed by atoms with E-state index in [1.165, 1.54) is 12.1 Å². The zero-order valence-electron chi connectivity index (χ0n) is 12.4. The number of carbonyl (C=O) groups is 1. The molecule has 6 heteroatoms. The first-order valence-electron chi connectivity index (χ1n) is 6.30. The van der Waals surface area contributed by atoms with Crippen LogP contribution in [0.2, 0.25) is 0 Å². The number of aromatic carboxylic acids is 1. The first-order valence-corrected chi connectivity index (χ1v) is 6.30. The van der Waals surface area contributed by atoms with Gasteiger partial charge in [0, 0.05) is 24.8 Å². The molecule has 0 heterocycles. The third-order valence-electron chi connectivity index (χ3n) is 3.65. The molecule has 0 aromatic heterocycles. The molecule has 1 unspecified atom stereocenters. The van der Waals surface area contributed by atoms with E-state index in [0.717, 1.165) is 0 Å². The van der Waals surface area contributed by atoms with Gasteiger partial charge in [-0.1, -0.05) is 20.8 Å². The van der Waals surface area contributed by atoms with Crippen LogP contribution < -0.4 is 4.90 Å². The molecule has 1 N–H and O–H groups in total. The lowest BCUT2D eigenvalue weighted by Gasteiger charge is -2.37. The van der Waals surface area contributed by atoms with Crippen LogP contribution in [0.25, 0.3) is 0 Å². The largest absolute Gasteiger partial charge is 0.477 e. The van der Waals surface area contributed by atoms with Crippen LogP contribution in [0.3, 0.4) is 0 Å². The van der Waals surface area contributed by atoms with Gasteiger partial charge >= 0.3 is 5.97 Å². The van der Waals surface area contributed by atoms with Crippen molar-refractivity contribution < 1.29 is 14.8 Å². The fourth-order valence-corrected chi connectivity index (χ4v) is 1.88. The number of nitro groups is 1. The van der Waals surface area contributed by atoms with Gasteiger partial charge in [-0.3, -0.25) is 10.1 Å². The summed E-state index contributed by atoms with van der Waals surface area (Å²) in [5, 5.41) is 19.9. The second-order valence-corrected chi connectivity index (χ2v) is 5.92. The third-order valence-corrected chi connectivity index (χ3v) is 3.65. The number of hydrogen-bond donors (Lipinski definition) is 1. The van der Waals surface area contributed by atoms with E-state index in [-0.39, 0.29) is 17.0 Å². The molecule has 0 radical (unpaired) electrons. The van der Waals surface area contributed by atoms with Crippen molar-refractivity contribution in [1.82, 2.24) is 0 Å². The van der Waals surface area contributed by atoms with Crippen molar-refractivity contribution in [2.45, 2.75) is 33.7 Å². The zero-order valence-corrected chi connectivity index (χ0v) is 12.4. The average Bonchev–Trinajstić information content (AvgIpc) is 2.34. The molecule has 1 aromatic carbocycles. The smallest absolute Gasteiger partial charge is 0.342 e. The van der Waals surface area contributed by atoms with E-state index < -0.39 is 16.6 Å². The van der Waals surface area contributed by atoms with Crippen molar-refractivity contribution >= 4 is 17.3 Å². The third kappa shape index (κ3) is 3.26. The highest BCUT2D eigenvalue weighted by molar-refractivity contribution is 5.93. The topological polar surface area (TPSA) is 83.7 Å². The summed E-state index contributed by atoms with van der Waals surface area (Å²) >= 11 is 0. The maximum Gasteiger partial charge on any atom is 0.342 e. The fraction of sp³-hybridized carbons (Fsp3) is 0.500. The number of carboxylic acids is 1. The van der Waals surface area contributed by atoms with Crippen molar-refractivity contribution in [2.24, 2.45) is 5.41 Å². The number of carboxylic acid groups (broad SMARTS) is 1. The summed E-state index contributed by atoms with van der Waals surface area (Å²) in [7, 11) is 1.85. The number of anilines is 1. The Morgan fingerprint density at radius 2 is 1.95 bits per heavy atom. The fourth-order valence-electron chi connectivity index (χ4n) is 1.88. The van der Waals surface area contributed by atoms with E-state index in [9.17, 15) is 14.9 Å². The molecule has 110 valence electrons. The van der Waals surface area contributed by atoms with Gasteiger partial charge in [0.15, 0.2) is 0 Å². The minimum absolute atomic E-state index is 0.0000874. The predicted octanol–water partition coefficient (Wildman–Crippen LogP) is 3.16. The maximum atomic E-state index is 11.1. The van der Waals surface area contributed by atoms with Crippen LogP contribution in [0.1, 0.15) is 38.1 Å². The van der Waals surface area contributed by atoms with Crippen LogP contribution in [0.15, 0.2) is 18.2 Å². The van der Waals surface area contributed by atoms with Gasteiger partial charge < -0.3 is 10.0 Å². The Bertz CT molecular complexity index is 534. The lowest BCUT2D eigenvalue weighted by molar-refractivity contribution is -0.385. The summed E-state index contributed by atoms with van der Waals surface area (Å²) < 4.78 is 0. The van der Waals surface area contributed by atoms with E-state index in [1.54, 1.807) is 6.07 Å². The van der Waals surface area contributed by atoms with Gasteiger partial charge in [0.05, 0.1) is 4.92 Å². The monoisotopic (exact) mass is 280 g/mol. The van der Waals surface area contributed by atoms with Crippen molar-refractivity contribution in [3.05, 3.63) is 33.9 Å². The van der Waals surface area contributed by atoms with Gasteiger partial charge in [0.1, 0.15) is 5.56 Å². The van der Waals surface area contributed by atoms with Gasteiger partial charge in [-0.25, -0.2) is 4.79 Å². The molecule has 0 aliphatic heterocycles. The first kappa shape index (κ1) is 15.9. The highest BCUT2D eigenvalue weighted by atomic mass is 16.6. The van der Waals surface area contributed by atoms with Gasteiger partial charge in [-0.15, -0.1) is 0 Å². The number of rotatable bonds is 4. The van der Waals surface area contributed by atoms with E-state index >= 15 is 0 Å². The van der Waals surface area contributed by atoms with Crippen LogP contribution in [-0.2, 0) is 0 Å². The summed E-state index contributed by atoms with van der Waals surface area (Å²) in [4.78, 5) is 23.2. The standard InChI is InChI=1S/C14H20N2O4/c1-9(14(2,3)4)15(5)10-6-7-12(16(19)20)11(8-10)13(17)18/h6-9H,1-5H3,(H,17,18).